The van der Waals surface area contributed by atoms with Crippen LogP contribution in [0.2, 0.25) is 0 Å². The van der Waals surface area contributed by atoms with E-state index >= 15 is 0 Å². The first kappa shape index (κ1) is 9.37. The molecule has 2 nitrogen and oxygen atoms in total. The second kappa shape index (κ2) is 3.32. The highest BCUT2D eigenvalue weighted by Crippen LogP contribution is 2.43. The molecule has 2 fully saturated rings. The van der Waals surface area contributed by atoms with Crippen LogP contribution in [0, 0.1) is 6.92 Å². The fraction of sp³-hybridized carbons (Fsp3) is 0.538. The van der Waals surface area contributed by atoms with Crippen LogP contribution < -0.4 is 5.73 Å². The third kappa shape index (κ3) is 1.40. The van der Waals surface area contributed by atoms with Crippen molar-refractivity contribution < 1.29 is 4.74 Å². The zero-order valence-corrected chi connectivity index (χ0v) is 9.02. The molecule has 4 atom stereocenters. The molecule has 0 amide bonds. The van der Waals surface area contributed by atoms with Gasteiger partial charge in [-0.15, -0.1) is 0 Å². The molecule has 2 heterocycles. The summed E-state index contributed by atoms with van der Waals surface area (Å²) >= 11 is 0. The Morgan fingerprint density at radius 2 is 1.80 bits per heavy atom. The van der Waals surface area contributed by atoms with Crippen LogP contribution in [-0.2, 0) is 4.74 Å². The molecule has 15 heavy (non-hydrogen) atoms. The average molecular weight is 203 g/mol. The lowest BCUT2D eigenvalue weighted by molar-refractivity contribution is 0.0976. The summed E-state index contributed by atoms with van der Waals surface area (Å²) in [5.41, 5.74) is 8.86. The van der Waals surface area contributed by atoms with E-state index in [0.717, 1.165) is 6.42 Å². The number of hydrogen-bond donors (Lipinski definition) is 1. The van der Waals surface area contributed by atoms with Gasteiger partial charge in [0.2, 0.25) is 0 Å². The maximum Gasteiger partial charge on any atom is 0.0737 e. The number of rotatable bonds is 1. The zero-order valence-electron chi connectivity index (χ0n) is 9.02. The van der Waals surface area contributed by atoms with Crippen molar-refractivity contribution in [3.63, 3.8) is 0 Å². The van der Waals surface area contributed by atoms with E-state index in [0.29, 0.717) is 18.1 Å². The van der Waals surface area contributed by atoms with Crippen molar-refractivity contribution >= 4 is 0 Å². The molecule has 0 saturated carbocycles. The third-order valence-electron chi connectivity index (χ3n) is 3.79. The van der Waals surface area contributed by atoms with Crippen molar-refractivity contribution in [1.29, 1.82) is 0 Å². The van der Waals surface area contributed by atoms with Crippen LogP contribution in [-0.4, -0.2) is 18.2 Å². The molecule has 2 bridgehead atoms. The molecule has 80 valence electrons. The molecular formula is C13H17NO. The Morgan fingerprint density at radius 3 is 2.40 bits per heavy atom. The summed E-state index contributed by atoms with van der Waals surface area (Å²) in [4.78, 5) is 0. The molecule has 0 spiro atoms. The fourth-order valence-corrected chi connectivity index (χ4v) is 2.94. The molecule has 2 saturated heterocycles. The molecule has 1 aromatic carbocycles. The van der Waals surface area contributed by atoms with Gasteiger partial charge in [0.25, 0.3) is 0 Å². The van der Waals surface area contributed by atoms with E-state index in [9.17, 15) is 0 Å². The SMILES string of the molecule is Cc1ccc(C2C3CCC(O3)C2N)cc1. The fourth-order valence-electron chi connectivity index (χ4n) is 2.94. The largest absolute Gasteiger partial charge is 0.373 e. The van der Waals surface area contributed by atoms with E-state index in [-0.39, 0.29) is 6.04 Å². The van der Waals surface area contributed by atoms with Crippen LogP contribution >= 0.6 is 0 Å². The first-order valence-electron chi connectivity index (χ1n) is 5.73. The normalized spacial score (nSPS) is 38.5. The number of benzene rings is 1. The minimum Gasteiger partial charge on any atom is -0.373 e. The Kier molecular flexibility index (Phi) is 2.08. The van der Waals surface area contributed by atoms with E-state index < -0.39 is 0 Å². The second-order valence-corrected chi connectivity index (χ2v) is 4.80. The maximum atomic E-state index is 6.21. The average Bonchev–Trinajstić information content (AvgIpc) is 2.80. The number of hydrogen-bond acceptors (Lipinski definition) is 2. The van der Waals surface area contributed by atoms with E-state index in [1.165, 1.54) is 17.5 Å². The van der Waals surface area contributed by atoms with Crippen LogP contribution in [0.1, 0.15) is 29.9 Å². The van der Waals surface area contributed by atoms with Crippen LogP contribution in [0.25, 0.3) is 0 Å². The zero-order chi connectivity index (χ0) is 10.4. The molecule has 0 aliphatic carbocycles. The van der Waals surface area contributed by atoms with E-state index in [4.69, 9.17) is 10.5 Å². The van der Waals surface area contributed by atoms with Crippen LogP contribution in [0.5, 0.6) is 0 Å². The molecule has 2 aliphatic rings. The van der Waals surface area contributed by atoms with Gasteiger partial charge in [-0.2, -0.15) is 0 Å². The standard InChI is InChI=1S/C13H17NO/c1-8-2-4-9(5-3-8)12-10-6-7-11(15-10)13(12)14/h2-5,10-13H,6-7,14H2,1H3. The van der Waals surface area contributed by atoms with Crippen molar-refractivity contribution in [2.45, 2.75) is 43.9 Å². The molecule has 4 unspecified atom stereocenters. The van der Waals surface area contributed by atoms with E-state index in [2.05, 4.69) is 31.2 Å². The molecule has 0 radical (unpaired) electrons. The highest BCUT2D eigenvalue weighted by Gasteiger charge is 2.47. The summed E-state index contributed by atoms with van der Waals surface area (Å²) in [6.45, 7) is 2.11. The van der Waals surface area contributed by atoms with Crippen molar-refractivity contribution in [1.82, 2.24) is 0 Å². The van der Waals surface area contributed by atoms with Gasteiger partial charge in [-0.25, -0.2) is 0 Å². The molecule has 0 aromatic heterocycles. The monoisotopic (exact) mass is 203 g/mol. The molecule has 1 aromatic rings. The number of aryl methyl sites for hydroxylation is 1. The topological polar surface area (TPSA) is 35.2 Å². The van der Waals surface area contributed by atoms with E-state index in [1.807, 2.05) is 0 Å². The van der Waals surface area contributed by atoms with Crippen LogP contribution in [0.3, 0.4) is 0 Å². The Bertz CT molecular complexity index is 357. The summed E-state index contributed by atoms with van der Waals surface area (Å²) in [5.74, 6) is 0.421. The minimum absolute atomic E-state index is 0.200. The van der Waals surface area contributed by atoms with Gasteiger partial charge in [0, 0.05) is 12.0 Å². The maximum absolute atomic E-state index is 6.21. The van der Waals surface area contributed by atoms with Crippen molar-refractivity contribution in [2.24, 2.45) is 5.73 Å². The molecule has 2 aliphatic heterocycles. The van der Waals surface area contributed by atoms with Crippen molar-refractivity contribution in [3.8, 4) is 0 Å². The predicted molar refractivity (Wildman–Crippen MR) is 59.8 cm³/mol. The summed E-state index contributed by atoms with van der Waals surface area (Å²) in [5, 5.41) is 0. The lowest BCUT2D eigenvalue weighted by Gasteiger charge is -2.25. The van der Waals surface area contributed by atoms with Gasteiger partial charge in [-0.3, -0.25) is 0 Å². The quantitative estimate of drug-likeness (QED) is 0.757. The molecule has 3 rings (SSSR count). The predicted octanol–water partition coefficient (Wildman–Crippen LogP) is 1.97. The Balaban J connectivity index is 1.91. The van der Waals surface area contributed by atoms with Crippen LogP contribution in [0.15, 0.2) is 24.3 Å². The van der Waals surface area contributed by atoms with Gasteiger partial charge in [-0.05, 0) is 25.3 Å². The third-order valence-corrected chi connectivity index (χ3v) is 3.79. The smallest absolute Gasteiger partial charge is 0.0737 e. The lowest BCUT2D eigenvalue weighted by atomic mass is 9.80. The van der Waals surface area contributed by atoms with Crippen molar-refractivity contribution in [2.75, 3.05) is 0 Å². The second-order valence-electron chi connectivity index (χ2n) is 4.80. The molecular weight excluding hydrogens is 186 g/mol. The summed E-state index contributed by atoms with van der Waals surface area (Å²) in [7, 11) is 0. The van der Waals surface area contributed by atoms with E-state index in [1.54, 1.807) is 0 Å². The van der Waals surface area contributed by atoms with Gasteiger partial charge in [0.1, 0.15) is 0 Å². The first-order valence-corrected chi connectivity index (χ1v) is 5.73. The number of fused-ring (bicyclic) bond motifs is 2. The Hall–Kier alpha value is -0.860. The van der Waals surface area contributed by atoms with Gasteiger partial charge in [0.05, 0.1) is 12.2 Å². The lowest BCUT2D eigenvalue weighted by Crippen LogP contribution is -2.38. The van der Waals surface area contributed by atoms with Gasteiger partial charge < -0.3 is 10.5 Å². The van der Waals surface area contributed by atoms with Gasteiger partial charge in [-0.1, -0.05) is 29.8 Å². The number of ether oxygens (including phenoxy) is 1. The molecule has 2 N–H and O–H groups in total. The molecule has 2 heteroatoms. The Labute approximate surface area is 90.4 Å². The highest BCUT2D eigenvalue weighted by molar-refractivity contribution is 5.29. The summed E-state index contributed by atoms with van der Waals surface area (Å²) in [6.07, 6.45) is 3.00. The number of nitrogens with two attached hydrogens (primary N) is 1. The summed E-state index contributed by atoms with van der Waals surface area (Å²) in [6, 6.07) is 8.92. The highest BCUT2D eigenvalue weighted by atomic mass is 16.5. The van der Waals surface area contributed by atoms with Gasteiger partial charge >= 0.3 is 0 Å². The Morgan fingerprint density at radius 1 is 1.13 bits per heavy atom. The van der Waals surface area contributed by atoms with Gasteiger partial charge in [0.15, 0.2) is 0 Å². The van der Waals surface area contributed by atoms with Crippen molar-refractivity contribution in [3.05, 3.63) is 35.4 Å². The van der Waals surface area contributed by atoms with Crippen LogP contribution in [0.4, 0.5) is 0 Å². The minimum atomic E-state index is 0.200. The first-order chi connectivity index (χ1) is 7.25. The summed E-state index contributed by atoms with van der Waals surface area (Å²) < 4.78 is 5.86.